The standard InChI is InChI=1S/C17H11Cl2FN4O/c18-12-6-11-8-16(17-21-23-24-22-17)25-15(11)7-10(12)3-1-9-2-4-14(20)13(19)5-9/h2,4-8H,1,3H2,(H,21,22,23,24). The highest BCUT2D eigenvalue weighted by Crippen LogP contribution is 2.30. The van der Waals surface area contributed by atoms with E-state index < -0.39 is 5.82 Å². The maximum Gasteiger partial charge on any atom is 0.239 e. The SMILES string of the molecule is Fc1ccc(CCc2cc3oc(-c4nn[nH]n4)cc3cc2Cl)cc1Cl. The van der Waals surface area contributed by atoms with Gasteiger partial charge in [-0.2, -0.15) is 5.21 Å². The van der Waals surface area contributed by atoms with Crippen molar-refractivity contribution in [2.24, 2.45) is 0 Å². The number of furan rings is 1. The fraction of sp³-hybridized carbons (Fsp3) is 0.118. The van der Waals surface area contributed by atoms with Crippen molar-refractivity contribution in [1.82, 2.24) is 20.6 Å². The Balaban J connectivity index is 1.60. The number of halogens is 3. The normalized spacial score (nSPS) is 11.3. The van der Waals surface area contributed by atoms with E-state index in [1.54, 1.807) is 12.1 Å². The van der Waals surface area contributed by atoms with Gasteiger partial charge >= 0.3 is 0 Å². The zero-order chi connectivity index (χ0) is 17.4. The summed E-state index contributed by atoms with van der Waals surface area (Å²) in [7, 11) is 0. The van der Waals surface area contributed by atoms with Crippen LogP contribution in [0.1, 0.15) is 11.1 Å². The first-order valence-corrected chi connectivity index (χ1v) is 8.25. The summed E-state index contributed by atoms with van der Waals surface area (Å²) in [6, 6.07) is 10.3. The summed E-state index contributed by atoms with van der Waals surface area (Å²) in [5.74, 6) is 0.478. The number of nitrogens with one attached hydrogen (secondary N) is 1. The van der Waals surface area contributed by atoms with Crippen LogP contribution in [-0.2, 0) is 12.8 Å². The van der Waals surface area contributed by atoms with Crippen LogP contribution in [0.15, 0.2) is 40.8 Å². The average Bonchev–Trinajstić information content (AvgIpc) is 3.24. The lowest BCUT2D eigenvalue weighted by molar-refractivity contribution is 0.624. The molecule has 5 nitrogen and oxygen atoms in total. The van der Waals surface area contributed by atoms with E-state index in [9.17, 15) is 4.39 Å². The molecule has 0 saturated heterocycles. The quantitative estimate of drug-likeness (QED) is 0.552. The molecule has 0 atom stereocenters. The zero-order valence-electron chi connectivity index (χ0n) is 12.8. The minimum atomic E-state index is -0.422. The van der Waals surface area contributed by atoms with E-state index in [0.29, 0.717) is 35.0 Å². The van der Waals surface area contributed by atoms with E-state index in [2.05, 4.69) is 20.6 Å². The van der Waals surface area contributed by atoms with Crippen molar-refractivity contribution in [1.29, 1.82) is 0 Å². The molecule has 1 N–H and O–H groups in total. The summed E-state index contributed by atoms with van der Waals surface area (Å²) in [6.45, 7) is 0. The van der Waals surface area contributed by atoms with Crippen LogP contribution in [0.3, 0.4) is 0 Å². The fourth-order valence-corrected chi connectivity index (χ4v) is 3.11. The van der Waals surface area contributed by atoms with Gasteiger partial charge in [-0.05, 0) is 59.5 Å². The van der Waals surface area contributed by atoms with Crippen LogP contribution in [0.2, 0.25) is 10.0 Å². The first-order valence-electron chi connectivity index (χ1n) is 7.50. The number of aryl methyl sites for hydroxylation is 2. The monoisotopic (exact) mass is 376 g/mol. The van der Waals surface area contributed by atoms with Gasteiger partial charge in [-0.3, -0.25) is 0 Å². The number of aromatic nitrogens is 4. The van der Waals surface area contributed by atoms with Gasteiger partial charge in [0.15, 0.2) is 5.76 Å². The predicted molar refractivity (Wildman–Crippen MR) is 93.2 cm³/mol. The lowest BCUT2D eigenvalue weighted by atomic mass is 10.0. The maximum atomic E-state index is 13.2. The number of nitrogens with zero attached hydrogens (tertiary/aromatic N) is 3. The number of rotatable bonds is 4. The highest BCUT2D eigenvalue weighted by atomic mass is 35.5. The first-order chi connectivity index (χ1) is 12.1. The highest BCUT2D eigenvalue weighted by Gasteiger charge is 2.13. The van der Waals surface area contributed by atoms with Gasteiger partial charge in [0, 0.05) is 10.4 Å². The Hall–Kier alpha value is -2.44. The van der Waals surface area contributed by atoms with Crippen LogP contribution in [0.25, 0.3) is 22.6 Å². The molecule has 2 aromatic carbocycles. The Morgan fingerprint density at radius 2 is 1.92 bits per heavy atom. The van der Waals surface area contributed by atoms with Crippen LogP contribution in [0.4, 0.5) is 4.39 Å². The zero-order valence-corrected chi connectivity index (χ0v) is 14.3. The van der Waals surface area contributed by atoms with Crippen molar-refractivity contribution < 1.29 is 8.81 Å². The Bertz CT molecular complexity index is 1050. The smallest absolute Gasteiger partial charge is 0.239 e. The number of aromatic amines is 1. The van der Waals surface area contributed by atoms with Crippen LogP contribution in [-0.4, -0.2) is 20.6 Å². The van der Waals surface area contributed by atoms with Crippen LogP contribution in [0, 0.1) is 5.82 Å². The summed E-state index contributed by atoms with van der Waals surface area (Å²) in [5.41, 5.74) is 2.56. The Morgan fingerprint density at radius 3 is 2.68 bits per heavy atom. The summed E-state index contributed by atoms with van der Waals surface area (Å²) in [4.78, 5) is 0. The molecular weight excluding hydrogens is 366 g/mol. The van der Waals surface area contributed by atoms with Crippen LogP contribution < -0.4 is 0 Å². The molecule has 2 heterocycles. The second kappa shape index (κ2) is 6.46. The minimum Gasteiger partial charge on any atom is -0.453 e. The largest absolute Gasteiger partial charge is 0.453 e. The van der Waals surface area contributed by atoms with Crippen molar-refractivity contribution in [2.75, 3.05) is 0 Å². The summed E-state index contributed by atoms with van der Waals surface area (Å²) in [6.07, 6.45) is 1.36. The molecule has 4 aromatic rings. The molecule has 0 amide bonds. The average molecular weight is 377 g/mol. The molecule has 4 rings (SSSR count). The van der Waals surface area contributed by atoms with Crippen molar-refractivity contribution >= 4 is 34.2 Å². The van der Waals surface area contributed by atoms with Gasteiger partial charge < -0.3 is 4.42 Å². The number of fused-ring (bicyclic) bond motifs is 1. The van der Waals surface area contributed by atoms with Crippen LogP contribution in [0.5, 0.6) is 0 Å². The van der Waals surface area contributed by atoms with Crippen LogP contribution >= 0.6 is 23.2 Å². The fourth-order valence-electron chi connectivity index (χ4n) is 2.64. The predicted octanol–water partition coefficient (Wildman–Crippen LogP) is 4.84. The summed E-state index contributed by atoms with van der Waals surface area (Å²) >= 11 is 12.2. The second-order valence-corrected chi connectivity index (χ2v) is 6.39. The molecule has 126 valence electrons. The number of hydrogen-bond donors (Lipinski definition) is 1. The number of benzene rings is 2. The third kappa shape index (κ3) is 3.23. The van der Waals surface area contributed by atoms with E-state index in [4.69, 9.17) is 27.6 Å². The molecule has 0 unspecified atom stereocenters. The number of H-pyrrole nitrogens is 1. The molecule has 8 heteroatoms. The summed E-state index contributed by atoms with van der Waals surface area (Å²) < 4.78 is 19.0. The minimum absolute atomic E-state index is 0.120. The van der Waals surface area contributed by atoms with Crippen molar-refractivity contribution in [2.45, 2.75) is 12.8 Å². The molecule has 2 aromatic heterocycles. The van der Waals surface area contributed by atoms with Crippen molar-refractivity contribution in [3.8, 4) is 11.6 Å². The molecule has 0 bridgehead atoms. The molecular formula is C17H11Cl2FN4O. The lowest BCUT2D eigenvalue weighted by Gasteiger charge is -2.06. The summed E-state index contributed by atoms with van der Waals surface area (Å²) in [5, 5.41) is 15.3. The molecule has 0 aliphatic heterocycles. The molecule has 0 spiro atoms. The molecule has 0 radical (unpaired) electrons. The van der Waals surface area contributed by atoms with E-state index >= 15 is 0 Å². The molecule has 0 aliphatic rings. The second-order valence-electron chi connectivity index (χ2n) is 5.58. The molecule has 0 aliphatic carbocycles. The number of hydrogen-bond acceptors (Lipinski definition) is 4. The van der Waals surface area contributed by atoms with Gasteiger partial charge in [0.25, 0.3) is 0 Å². The Morgan fingerprint density at radius 1 is 1.04 bits per heavy atom. The molecule has 0 saturated carbocycles. The van der Waals surface area contributed by atoms with E-state index in [1.165, 1.54) is 6.07 Å². The highest BCUT2D eigenvalue weighted by molar-refractivity contribution is 6.32. The van der Waals surface area contributed by atoms with Crippen molar-refractivity contribution in [3.05, 3.63) is 63.4 Å². The van der Waals surface area contributed by atoms with Gasteiger partial charge in [-0.25, -0.2) is 4.39 Å². The van der Waals surface area contributed by atoms with Gasteiger partial charge in [0.05, 0.1) is 5.02 Å². The van der Waals surface area contributed by atoms with E-state index in [0.717, 1.165) is 16.5 Å². The van der Waals surface area contributed by atoms with Gasteiger partial charge in [-0.1, -0.05) is 29.3 Å². The van der Waals surface area contributed by atoms with Gasteiger partial charge in [0.2, 0.25) is 5.82 Å². The van der Waals surface area contributed by atoms with E-state index in [1.807, 2.05) is 18.2 Å². The third-order valence-corrected chi connectivity index (χ3v) is 4.56. The van der Waals surface area contributed by atoms with Gasteiger partial charge in [-0.15, -0.1) is 10.2 Å². The molecule has 25 heavy (non-hydrogen) atoms. The Kier molecular flexibility index (Phi) is 4.15. The third-order valence-electron chi connectivity index (χ3n) is 3.92. The first kappa shape index (κ1) is 16.1. The number of tetrazole rings is 1. The maximum absolute atomic E-state index is 13.2. The topological polar surface area (TPSA) is 67.6 Å². The lowest BCUT2D eigenvalue weighted by Crippen LogP contribution is -1.93. The van der Waals surface area contributed by atoms with Gasteiger partial charge in [0.1, 0.15) is 11.4 Å². The van der Waals surface area contributed by atoms with E-state index in [-0.39, 0.29) is 5.02 Å². The Labute approximate surface area is 151 Å². The van der Waals surface area contributed by atoms with Crippen molar-refractivity contribution in [3.63, 3.8) is 0 Å². The molecule has 0 fully saturated rings.